The first-order valence-electron chi connectivity index (χ1n) is 10.9. The van der Waals surface area contributed by atoms with Crippen LogP contribution in [-0.2, 0) is 23.1 Å². The summed E-state index contributed by atoms with van der Waals surface area (Å²) in [5.41, 5.74) is 5.19. The summed E-state index contributed by atoms with van der Waals surface area (Å²) >= 11 is 0. The van der Waals surface area contributed by atoms with Crippen LogP contribution < -0.4 is 5.32 Å². The zero-order chi connectivity index (χ0) is 24.4. The van der Waals surface area contributed by atoms with Crippen molar-refractivity contribution in [2.24, 2.45) is 7.05 Å². The molecule has 9 nitrogen and oxygen atoms in total. The molecule has 0 fully saturated rings. The van der Waals surface area contributed by atoms with E-state index in [0.717, 1.165) is 27.2 Å². The first kappa shape index (κ1) is 23.0. The van der Waals surface area contributed by atoms with Gasteiger partial charge in [0.2, 0.25) is 0 Å². The Morgan fingerprint density at radius 3 is 2.29 bits per heavy atom. The lowest BCUT2D eigenvalue weighted by Crippen LogP contribution is -2.40. The van der Waals surface area contributed by atoms with E-state index >= 15 is 0 Å². The van der Waals surface area contributed by atoms with Gasteiger partial charge in [0.25, 0.3) is 5.91 Å². The molecule has 4 rings (SSSR count). The van der Waals surface area contributed by atoms with E-state index < -0.39 is 24.0 Å². The molecule has 2 amide bonds. The second-order valence-electron chi connectivity index (χ2n) is 8.24. The number of likely N-dealkylation sites (N-methyl/N-ethyl adjacent to an activating group) is 1. The van der Waals surface area contributed by atoms with Crippen molar-refractivity contribution in [2.45, 2.75) is 25.4 Å². The van der Waals surface area contributed by atoms with Gasteiger partial charge in [0.1, 0.15) is 12.6 Å². The summed E-state index contributed by atoms with van der Waals surface area (Å²) in [4.78, 5) is 37.6. The number of alkyl carbamates (subject to hydrolysis) is 1. The number of fused-ring (bicyclic) bond motifs is 3. The number of aliphatic carboxylic acids is 1. The molecule has 0 spiro atoms. The average molecular weight is 463 g/mol. The van der Waals surface area contributed by atoms with Crippen molar-refractivity contribution in [3.05, 3.63) is 77.1 Å². The molecule has 1 aliphatic carbocycles. The maximum atomic E-state index is 12.8. The second-order valence-corrected chi connectivity index (χ2v) is 8.24. The molecule has 1 aromatic heterocycles. The number of carboxylic acid groups (broad SMARTS) is 1. The number of carbonyl (C=O) groups is 3. The van der Waals surface area contributed by atoms with Crippen molar-refractivity contribution in [3.8, 4) is 11.1 Å². The normalized spacial score (nSPS) is 13.0. The highest BCUT2D eigenvalue weighted by Gasteiger charge is 2.29. The topological polar surface area (TPSA) is 114 Å². The van der Waals surface area contributed by atoms with E-state index in [1.54, 1.807) is 7.05 Å². The number of benzene rings is 2. The molecule has 9 heteroatoms. The van der Waals surface area contributed by atoms with Crippen molar-refractivity contribution < 1.29 is 24.2 Å². The smallest absolute Gasteiger partial charge is 0.407 e. The minimum atomic E-state index is -1.11. The van der Waals surface area contributed by atoms with Gasteiger partial charge in [-0.15, -0.1) is 0 Å². The molecule has 0 aliphatic heterocycles. The molecule has 1 heterocycles. The van der Waals surface area contributed by atoms with Crippen LogP contribution in [0.15, 0.2) is 54.7 Å². The molecule has 0 radical (unpaired) electrons. The maximum Gasteiger partial charge on any atom is 0.407 e. The predicted octanol–water partition coefficient (Wildman–Crippen LogP) is 3.00. The summed E-state index contributed by atoms with van der Waals surface area (Å²) in [6.07, 6.45) is 0.746. The van der Waals surface area contributed by atoms with Gasteiger partial charge in [-0.05, 0) is 29.2 Å². The quantitative estimate of drug-likeness (QED) is 0.558. The van der Waals surface area contributed by atoms with E-state index in [9.17, 15) is 19.5 Å². The van der Waals surface area contributed by atoms with Gasteiger partial charge in [0, 0.05) is 20.0 Å². The van der Waals surface area contributed by atoms with Gasteiger partial charge in [0.05, 0.1) is 24.0 Å². The minimum absolute atomic E-state index is 0.00351. The SMILES string of the molecule is CC(C(=O)O)N(C)C(=O)c1cnn(C)c1CNC(=O)OCC1c2ccccc2-c2ccccc21. The van der Waals surface area contributed by atoms with Gasteiger partial charge >= 0.3 is 12.1 Å². The first-order valence-corrected chi connectivity index (χ1v) is 10.9. The van der Waals surface area contributed by atoms with Crippen LogP contribution in [0.5, 0.6) is 0 Å². The fourth-order valence-corrected chi connectivity index (χ4v) is 4.19. The summed E-state index contributed by atoms with van der Waals surface area (Å²) in [6, 6.07) is 15.2. The van der Waals surface area contributed by atoms with E-state index in [1.807, 2.05) is 36.4 Å². The van der Waals surface area contributed by atoms with E-state index in [-0.39, 0.29) is 24.6 Å². The van der Waals surface area contributed by atoms with Gasteiger partial charge < -0.3 is 20.1 Å². The Morgan fingerprint density at radius 1 is 1.12 bits per heavy atom. The minimum Gasteiger partial charge on any atom is -0.480 e. The van der Waals surface area contributed by atoms with Crippen molar-refractivity contribution in [1.82, 2.24) is 20.0 Å². The third-order valence-corrected chi connectivity index (χ3v) is 6.29. The molecule has 1 atom stereocenters. The summed E-state index contributed by atoms with van der Waals surface area (Å²) in [7, 11) is 3.06. The predicted molar refractivity (Wildman–Crippen MR) is 124 cm³/mol. The van der Waals surface area contributed by atoms with Crippen LogP contribution in [0.3, 0.4) is 0 Å². The lowest BCUT2D eigenvalue weighted by molar-refractivity contribution is -0.141. The number of rotatable bonds is 7. The van der Waals surface area contributed by atoms with Crippen LogP contribution in [0, 0.1) is 0 Å². The molecule has 2 aromatic carbocycles. The van der Waals surface area contributed by atoms with Crippen molar-refractivity contribution in [2.75, 3.05) is 13.7 Å². The van der Waals surface area contributed by atoms with Crippen LogP contribution in [0.4, 0.5) is 4.79 Å². The third-order valence-electron chi connectivity index (χ3n) is 6.29. The van der Waals surface area contributed by atoms with Crippen molar-refractivity contribution >= 4 is 18.0 Å². The van der Waals surface area contributed by atoms with Crippen LogP contribution in [0.25, 0.3) is 11.1 Å². The second kappa shape index (κ2) is 9.38. The fourth-order valence-electron chi connectivity index (χ4n) is 4.19. The zero-order valence-corrected chi connectivity index (χ0v) is 19.2. The van der Waals surface area contributed by atoms with Crippen LogP contribution >= 0.6 is 0 Å². The fraction of sp³-hybridized carbons (Fsp3) is 0.280. The number of carboxylic acids is 1. The first-order chi connectivity index (χ1) is 16.3. The number of ether oxygens (including phenoxy) is 1. The van der Waals surface area contributed by atoms with Crippen LogP contribution in [0.2, 0.25) is 0 Å². The van der Waals surface area contributed by atoms with Gasteiger partial charge in [-0.3, -0.25) is 9.48 Å². The van der Waals surface area contributed by atoms with Crippen molar-refractivity contribution in [3.63, 3.8) is 0 Å². The summed E-state index contributed by atoms with van der Waals surface area (Å²) in [6.45, 7) is 1.60. The van der Waals surface area contributed by atoms with E-state index in [0.29, 0.717) is 5.69 Å². The number of amides is 2. The monoisotopic (exact) mass is 462 g/mol. The Balaban J connectivity index is 1.41. The summed E-state index contributed by atoms with van der Waals surface area (Å²) in [5.74, 6) is -1.66. The molecule has 0 bridgehead atoms. The Morgan fingerprint density at radius 2 is 1.71 bits per heavy atom. The number of aryl methyl sites for hydroxylation is 1. The van der Waals surface area contributed by atoms with Crippen LogP contribution in [0.1, 0.15) is 40.0 Å². The number of aromatic nitrogens is 2. The highest BCUT2D eigenvalue weighted by atomic mass is 16.5. The van der Waals surface area contributed by atoms with Gasteiger partial charge in [0.15, 0.2) is 0 Å². The van der Waals surface area contributed by atoms with Crippen LogP contribution in [-0.4, -0.2) is 57.5 Å². The van der Waals surface area contributed by atoms with Gasteiger partial charge in [-0.25, -0.2) is 9.59 Å². The van der Waals surface area contributed by atoms with E-state index in [2.05, 4.69) is 22.5 Å². The molecule has 2 N–H and O–H groups in total. The Hall–Kier alpha value is -4.14. The number of carbonyl (C=O) groups excluding carboxylic acids is 2. The van der Waals surface area contributed by atoms with Gasteiger partial charge in [-0.2, -0.15) is 5.10 Å². The number of nitrogens with one attached hydrogen (secondary N) is 1. The highest BCUT2D eigenvalue weighted by Crippen LogP contribution is 2.44. The number of nitrogens with zero attached hydrogens (tertiary/aromatic N) is 3. The molecule has 0 saturated heterocycles. The molecule has 0 saturated carbocycles. The molecule has 3 aromatic rings. The number of hydrogen-bond donors (Lipinski definition) is 2. The molecular weight excluding hydrogens is 436 g/mol. The Kier molecular flexibility index (Phi) is 6.36. The maximum absolute atomic E-state index is 12.8. The summed E-state index contributed by atoms with van der Waals surface area (Å²) in [5, 5.41) is 15.9. The standard InChI is InChI=1S/C25H26N4O5/c1-15(24(31)32)28(2)23(30)20-12-27-29(3)22(20)13-26-25(33)34-14-21-18-10-6-4-8-16(18)17-9-5-7-11-19(17)21/h4-12,15,21H,13-14H2,1-3H3,(H,26,33)(H,31,32). The molecule has 1 unspecified atom stereocenters. The lowest BCUT2D eigenvalue weighted by Gasteiger charge is -2.21. The van der Waals surface area contributed by atoms with E-state index in [4.69, 9.17) is 4.74 Å². The summed E-state index contributed by atoms with van der Waals surface area (Å²) < 4.78 is 7.01. The Labute approximate surface area is 196 Å². The highest BCUT2D eigenvalue weighted by molar-refractivity contribution is 5.97. The Bertz CT molecular complexity index is 1210. The third kappa shape index (κ3) is 4.24. The average Bonchev–Trinajstić information content (AvgIpc) is 3.37. The largest absolute Gasteiger partial charge is 0.480 e. The van der Waals surface area contributed by atoms with Crippen molar-refractivity contribution in [1.29, 1.82) is 0 Å². The van der Waals surface area contributed by atoms with Gasteiger partial charge in [-0.1, -0.05) is 48.5 Å². The molecule has 1 aliphatic rings. The lowest BCUT2D eigenvalue weighted by atomic mass is 9.98. The number of hydrogen-bond acceptors (Lipinski definition) is 5. The van der Waals surface area contributed by atoms with E-state index in [1.165, 1.54) is 24.9 Å². The molecule has 176 valence electrons. The zero-order valence-electron chi connectivity index (χ0n) is 19.2. The molecule has 34 heavy (non-hydrogen) atoms. The molecular formula is C25H26N4O5.